The van der Waals surface area contributed by atoms with Crippen LogP contribution in [-0.4, -0.2) is 55.2 Å². The van der Waals surface area contributed by atoms with Crippen LogP contribution in [0.5, 0.6) is 0 Å². The second-order valence-corrected chi connectivity index (χ2v) is 8.82. The number of nitrogens with two attached hydrogens (primary N) is 1. The monoisotopic (exact) mass is 450 g/mol. The zero-order valence-electron chi connectivity index (χ0n) is 18.0. The maximum atomic E-state index is 13.3. The van der Waals surface area contributed by atoms with Crippen molar-refractivity contribution < 1.29 is 9.53 Å². The lowest BCUT2D eigenvalue weighted by Crippen LogP contribution is -2.36. The molecule has 0 bridgehead atoms. The van der Waals surface area contributed by atoms with E-state index in [1.54, 1.807) is 0 Å². The minimum Gasteiger partial charge on any atom is -0.382 e. The molecule has 0 saturated carbocycles. The average Bonchev–Trinajstić information content (AvgIpc) is 2.84. The smallest absolute Gasteiger partial charge is 0.254 e. The Kier molecular flexibility index (Phi) is 5.89. The van der Waals surface area contributed by atoms with Crippen molar-refractivity contribution in [3.63, 3.8) is 0 Å². The molecule has 2 aliphatic heterocycles. The van der Waals surface area contributed by atoms with Gasteiger partial charge in [-0.15, -0.1) is 0 Å². The molecule has 2 saturated heterocycles. The standard InChI is InChI=1S/C25H27ClN4O2/c26-20-6-4-5-19(25(31)30-9-2-1-3-10-30)23(20)17-7-8-21-18(15-17)16-22(24(27)28-21)29-11-13-32-14-12-29/h4-8,15-16H,1-3,9-14H2,(H2,27,28). The number of likely N-dealkylation sites (tertiary alicyclic amines) is 1. The zero-order valence-corrected chi connectivity index (χ0v) is 18.8. The molecule has 166 valence electrons. The number of fused-ring (bicyclic) bond motifs is 1. The number of nitrogens with zero attached hydrogens (tertiary/aromatic N) is 3. The van der Waals surface area contributed by atoms with Gasteiger partial charge in [-0.1, -0.05) is 23.7 Å². The van der Waals surface area contributed by atoms with E-state index in [9.17, 15) is 4.79 Å². The predicted octanol–water partition coefficient (Wildman–Crippen LogP) is 4.60. The fourth-order valence-corrected chi connectivity index (χ4v) is 4.94. The highest BCUT2D eigenvalue weighted by Gasteiger charge is 2.23. The molecule has 2 N–H and O–H groups in total. The average molecular weight is 451 g/mol. The molecule has 3 aromatic rings. The van der Waals surface area contributed by atoms with Crippen LogP contribution in [0.2, 0.25) is 5.02 Å². The highest BCUT2D eigenvalue weighted by atomic mass is 35.5. The summed E-state index contributed by atoms with van der Waals surface area (Å²) in [5, 5.41) is 1.54. The summed E-state index contributed by atoms with van der Waals surface area (Å²) in [7, 11) is 0. The van der Waals surface area contributed by atoms with Crippen molar-refractivity contribution in [1.29, 1.82) is 0 Å². The van der Waals surface area contributed by atoms with Gasteiger partial charge in [-0.05, 0) is 55.2 Å². The molecule has 1 amide bonds. The third-order valence-electron chi connectivity index (χ3n) is 6.35. The van der Waals surface area contributed by atoms with Gasteiger partial charge in [0.1, 0.15) is 5.82 Å². The number of carbonyl (C=O) groups is 1. The summed E-state index contributed by atoms with van der Waals surface area (Å²) in [4.78, 5) is 22.1. The minimum atomic E-state index is 0.0479. The number of anilines is 2. The van der Waals surface area contributed by atoms with Gasteiger partial charge in [0.15, 0.2) is 0 Å². The summed E-state index contributed by atoms with van der Waals surface area (Å²) in [6.07, 6.45) is 3.28. The van der Waals surface area contributed by atoms with E-state index in [0.717, 1.165) is 66.7 Å². The summed E-state index contributed by atoms with van der Waals surface area (Å²) in [6, 6.07) is 13.6. The number of hydrogen-bond donors (Lipinski definition) is 1. The fourth-order valence-electron chi connectivity index (χ4n) is 4.66. The largest absolute Gasteiger partial charge is 0.382 e. The van der Waals surface area contributed by atoms with E-state index in [2.05, 4.69) is 22.0 Å². The molecule has 2 aliphatic rings. The molecule has 0 atom stereocenters. The molecule has 3 heterocycles. The zero-order chi connectivity index (χ0) is 22.1. The van der Waals surface area contributed by atoms with Gasteiger partial charge in [0.05, 0.1) is 24.4 Å². The molecule has 5 rings (SSSR count). The number of rotatable bonds is 3. The Morgan fingerprint density at radius 1 is 1.00 bits per heavy atom. The van der Waals surface area contributed by atoms with Crippen LogP contribution in [0.15, 0.2) is 42.5 Å². The highest BCUT2D eigenvalue weighted by molar-refractivity contribution is 6.34. The van der Waals surface area contributed by atoms with Crippen LogP contribution >= 0.6 is 11.6 Å². The second-order valence-electron chi connectivity index (χ2n) is 8.41. The summed E-state index contributed by atoms with van der Waals surface area (Å²) in [6.45, 7) is 4.54. The summed E-state index contributed by atoms with van der Waals surface area (Å²) < 4.78 is 5.47. The molecule has 2 fully saturated rings. The molecule has 0 unspecified atom stereocenters. The van der Waals surface area contributed by atoms with Crippen LogP contribution in [0.3, 0.4) is 0 Å². The Morgan fingerprint density at radius 3 is 2.56 bits per heavy atom. The normalized spacial score (nSPS) is 17.0. The van der Waals surface area contributed by atoms with Gasteiger partial charge in [-0.25, -0.2) is 4.98 Å². The number of aromatic nitrogens is 1. The molecule has 32 heavy (non-hydrogen) atoms. The Hall–Kier alpha value is -2.83. The molecular weight excluding hydrogens is 424 g/mol. The van der Waals surface area contributed by atoms with Gasteiger partial charge >= 0.3 is 0 Å². The Bertz CT molecular complexity index is 1150. The first-order valence-corrected chi connectivity index (χ1v) is 11.6. The molecule has 1 aromatic heterocycles. The van der Waals surface area contributed by atoms with Gasteiger partial charge < -0.3 is 20.3 Å². The van der Waals surface area contributed by atoms with Crippen LogP contribution in [0, 0.1) is 0 Å². The number of pyridine rings is 1. The molecule has 0 aliphatic carbocycles. The Balaban J connectivity index is 1.57. The van der Waals surface area contributed by atoms with E-state index in [0.29, 0.717) is 29.6 Å². The van der Waals surface area contributed by atoms with Crippen molar-refractivity contribution in [3.8, 4) is 11.1 Å². The number of halogens is 1. The Labute approximate surface area is 192 Å². The number of carbonyl (C=O) groups excluding carboxylic acids is 1. The van der Waals surface area contributed by atoms with Crippen molar-refractivity contribution in [1.82, 2.24) is 9.88 Å². The first-order chi connectivity index (χ1) is 15.6. The SMILES string of the molecule is Nc1nc2ccc(-c3c(Cl)cccc3C(=O)N3CCCCC3)cc2cc1N1CCOCC1. The number of amides is 1. The van der Waals surface area contributed by atoms with Crippen molar-refractivity contribution in [2.45, 2.75) is 19.3 Å². The van der Waals surface area contributed by atoms with E-state index in [4.69, 9.17) is 22.1 Å². The van der Waals surface area contributed by atoms with Gasteiger partial charge in [0.25, 0.3) is 5.91 Å². The van der Waals surface area contributed by atoms with Crippen LogP contribution in [0.4, 0.5) is 11.5 Å². The van der Waals surface area contributed by atoms with Crippen LogP contribution in [-0.2, 0) is 4.74 Å². The van der Waals surface area contributed by atoms with Crippen LogP contribution in [0.1, 0.15) is 29.6 Å². The molecule has 0 radical (unpaired) electrons. The van der Waals surface area contributed by atoms with Crippen molar-refractivity contribution in [3.05, 3.63) is 53.1 Å². The van der Waals surface area contributed by atoms with Gasteiger partial charge in [0, 0.05) is 47.7 Å². The second kappa shape index (κ2) is 8.96. The molecule has 2 aromatic carbocycles. The van der Waals surface area contributed by atoms with Crippen LogP contribution < -0.4 is 10.6 Å². The third kappa shape index (κ3) is 4.00. The lowest BCUT2D eigenvalue weighted by Gasteiger charge is -2.29. The minimum absolute atomic E-state index is 0.0479. The summed E-state index contributed by atoms with van der Waals surface area (Å²) in [5.41, 5.74) is 10.3. The first-order valence-electron chi connectivity index (χ1n) is 11.2. The lowest BCUT2D eigenvalue weighted by molar-refractivity contribution is 0.0725. The fraction of sp³-hybridized carbons (Fsp3) is 0.360. The number of morpholine rings is 1. The quantitative estimate of drug-likeness (QED) is 0.631. The third-order valence-corrected chi connectivity index (χ3v) is 6.67. The van der Waals surface area contributed by atoms with Gasteiger partial charge in [-0.2, -0.15) is 0 Å². The van der Waals surface area contributed by atoms with Gasteiger partial charge in [0.2, 0.25) is 0 Å². The number of benzene rings is 2. The van der Waals surface area contributed by atoms with E-state index in [1.165, 1.54) is 6.42 Å². The van der Waals surface area contributed by atoms with Crippen molar-refractivity contribution >= 4 is 39.9 Å². The van der Waals surface area contributed by atoms with Crippen molar-refractivity contribution in [2.24, 2.45) is 0 Å². The number of hydrogen-bond acceptors (Lipinski definition) is 5. The van der Waals surface area contributed by atoms with E-state index < -0.39 is 0 Å². The number of ether oxygens (including phenoxy) is 1. The molecule has 7 heteroatoms. The first kappa shape index (κ1) is 21.0. The maximum absolute atomic E-state index is 13.3. The highest BCUT2D eigenvalue weighted by Crippen LogP contribution is 2.36. The molecule has 6 nitrogen and oxygen atoms in total. The van der Waals surface area contributed by atoms with E-state index in [-0.39, 0.29) is 5.91 Å². The summed E-state index contributed by atoms with van der Waals surface area (Å²) in [5.74, 6) is 0.567. The van der Waals surface area contributed by atoms with E-state index >= 15 is 0 Å². The summed E-state index contributed by atoms with van der Waals surface area (Å²) >= 11 is 6.65. The van der Waals surface area contributed by atoms with E-state index in [1.807, 2.05) is 35.2 Å². The topological polar surface area (TPSA) is 71.7 Å². The Morgan fingerprint density at radius 2 is 1.78 bits per heavy atom. The van der Waals surface area contributed by atoms with Crippen molar-refractivity contribution in [2.75, 3.05) is 50.0 Å². The predicted molar refractivity (Wildman–Crippen MR) is 129 cm³/mol. The number of nitrogen functional groups attached to an aromatic ring is 1. The lowest BCUT2D eigenvalue weighted by atomic mass is 9.96. The molecule has 0 spiro atoms. The maximum Gasteiger partial charge on any atom is 0.254 e. The van der Waals surface area contributed by atoms with Gasteiger partial charge in [-0.3, -0.25) is 4.79 Å². The van der Waals surface area contributed by atoms with Crippen LogP contribution in [0.25, 0.3) is 22.0 Å². The molecular formula is C25H27ClN4O2. The number of piperidine rings is 1.